The Bertz CT molecular complexity index is 215. The predicted octanol–water partition coefficient (Wildman–Crippen LogP) is -1.85. The van der Waals surface area contributed by atoms with E-state index in [-0.39, 0.29) is 12.4 Å². The number of hydrogen-bond donors (Lipinski definition) is 5. The normalized spacial score (nSPS) is 10.5. The van der Waals surface area contributed by atoms with Crippen LogP contribution in [0.25, 0.3) is 0 Å². The first-order valence-corrected chi connectivity index (χ1v) is 4.07. The van der Waals surface area contributed by atoms with Gasteiger partial charge in [-0.2, -0.15) is 0 Å². The van der Waals surface area contributed by atoms with E-state index in [1.807, 2.05) is 0 Å². The molecule has 1 unspecified atom stereocenters. The van der Waals surface area contributed by atoms with Crippen LogP contribution in [0.3, 0.4) is 0 Å². The third-order valence-corrected chi connectivity index (χ3v) is 1.28. The van der Waals surface area contributed by atoms with Crippen molar-refractivity contribution in [2.45, 2.75) is 18.9 Å². The van der Waals surface area contributed by atoms with Crippen LogP contribution in [0.2, 0.25) is 0 Å². The van der Waals surface area contributed by atoms with Gasteiger partial charge in [0.1, 0.15) is 6.04 Å². The quantitative estimate of drug-likeness (QED) is 0.157. The summed E-state index contributed by atoms with van der Waals surface area (Å²) in [7, 11) is 0. The largest absolute Gasteiger partial charge is 0.483 e. The molecule has 0 aliphatic heterocycles. The van der Waals surface area contributed by atoms with Gasteiger partial charge in [-0.05, 0) is 12.8 Å². The molecular weight excluding hydrogens is 204 g/mol. The summed E-state index contributed by atoms with van der Waals surface area (Å²) in [5, 5.41) is 15.3. The molecule has 0 radical (unpaired) electrons. The van der Waals surface area contributed by atoms with E-state index in [9.17, 15) is 4.79 Å². The van der Waals surface area contributed by atoms with Crippen molar-refractivity contribution in [1.82, 2.24) is 0 Å². The lowest BCUT2D eigenvalue weighted by atomic mass is 10.2. The number of nitrogens with zero attached hydrogens (tertiary/aromatic N) is 1. The Morgan fingerprint density at radius 1 is 1.47 bits per heavy atom. The average molecular weight is 220 g/mol. The van der Waals surface area contributed by atoms with Crippen molar-refractivity contribution in [3.05, 3.63) is 0 Å². The molecule has 8 nitrogen and oxygen atoms in total. The van der Waals surface area contributed by atoms with E-state index in [4.69, 9.17) is 32.2 Å². The zero-order chi connectivity index (χ0) is 12.3. The highest BCUT2D eigenvalue weighted by Gasteiger charge is 2.09. The third kappa shape index (κ3) is 15.0. The summed E-state index contributed by atoms with van der Waals surface area (Å²) in [4.78, 5) is 22.3. The van der Waals surface area contributed by atoms with Gasteiger partial charge in [-0.1, -0.05) is 0 Å². The second-order valence-corrected chi connectivity index (χ2v) is 2.50. The highest BCUT2D eigenvalue weighted by molar-refractivity contribution is 5.75. The van der Waals surface area contributed by atoms with Crippen LogP contribution in [0.4, 0.5) is 0 Å². The molecule has 0 rings (SSSR count). The molecular formula is C7H16N4O4. The van der Waals surface area contributed by atoms with Gasteiger partial charge < -0.3 is 27.4 Å². The van der Waals surface area contributed by atoms with E-state index in [2.05, 4.69) is 4.99 Å². The maximum Gasteiger partial charge on any atom is 0.320 e. The number of carboxylic acid groups (broad SMARTS) is 2. The Morgan fingerprint density at radius 2 is 1.93 bits per heavy atom. The molecule has 0 fully saturated rings. The fourth-order valence-electron chi connectivity index (χ4n) is 0.643. The van der Waals surface area contributed by atoms with Crippen LogP contribution in [0.1, 0.15) is 12.8 Å². The predicted molar refractivity (Wildman–Crippen MR) is 54.2 cm³/mol. The van der Waals surface area contributed by atoms with E-state index in [0.29, 0.717) is 19.4 Å². The van der Waals surface area contributed by atoms with Crippen LogP contribution < -0.4 is 17.2 Å². The zero-order valence-electron chi connectivity index (χ0n) is 8.17. The van der Waals surface area contributed by atoms with Crippen molar-refractivity contribution in [1.29, 1.82) is 0 Å². The monoisotopic (exact) mass is 220 g/mol. The summed E-state index contributed by atoms with van der Waals surface area (Å²) in [6.45, 7) is 0.170. The SMILES string of the molecule is NC(N)=NCCCC(N)C(=O)O.O=CO. The van der Waals surface area contributed by atoms with Crippen LogP contribution in [0, 0.1) is 0 Å². The zero-order valence-corrected chi connectivity index (χ0v) is 8.17. The maximum atomic E-state index is 10.2. The van der Waals surface area contributed by atoms with E-state index in [1.54, 1.807) is 0 Å². The van der Waals surface area contributed by atoms with Crippen LogP contribution >= 0.6 is 0 Å². The topological polar surface area (TPSA) is 165 Å². The van der Waals surface area contributed by atoms with Gasteiger partial charge in [-0.3, -0.25) is 14.6 Å². The molecule has 0 aliphatic carbocycles. The highest BCUT2D eigenvalue weighted by atomic mass is 16.4. The minimum absolute atomic E-state index is 0.0129. The number of nitrogens with two attached hydrogens (primary N) is 3. The van der Waals surface area contributed by atoms with Gasteiger partial charge in [0, 0.05) is 6.54 Å². The lowest BCUT2D eigenvalue weighted by molar-refractivity contribution is -0.138. The van der Waals surface area contributed by atoms with Crippen molar-refractivity contribution < 1.29 is 19.8 Å². The minimum atomic E-state index is -1.00. The molecule has 0 aromatic carbocycles. The molecule has 0 heterocycles. The van der Waals surface area contributed by atoms with Crippen molar-refractivity contribution in [2.24, 2.45) is 22.2 Å². The Hall–Kier alpha value is -1.83. The first-order chi connectivity index (χ1) is 6.95. The van der Waals surface area contributed by atoms with Crippen LogP contribution in [-0.4, -0.2) is 41.2 Å². The minimum Gasteiger partial charge on any atom is -0.483 e. The molecule has 0 aromatic rings. The smallest absolute Gasteiger partial charge is 0.320 e. The van der Waals surface area contributed by atoms with Crippen molar-refractivity contribution >= 4 is 18.4 Å². The Kier molecular flexibility index (Phi) is 10.7. The van der Waals surface area contributed by atoms with Crippen LogP contribution in [0.5, 0.6) is 0 Å². The number of guanidine groups is 1. The van der Waals surface area contributed by atoms with Gasteiger partial charge in [0.25, 0.3) is 6.47 Å². The first-order valence-electron chi connectivity index (χ1n) is 4.07. The molecule has 0 bridgehead atoms. The first kappa shape index (κ1) is 15.6. The molecule has 88 valence electrons. The standard InChI is InChI=1S/C6H14N4O2.CH2O2/c7-4(5(11)12)2-1-3-10-6(8)9;2-1-3/h4H,1-3,7H2,(H,11,12)(H4,8,9,10);1H,(H,2,3). The second-order valence-electron chi connectivity index (χ2n) is 2.50. The molecule has 0 saturated carbocycles. The second kappa shape index (κ2) is 10.3. The van der Waals surface area contributed by atoms with Gasteiger partial charge in [-0.15, -0.1) is 0 Å². The van der Waals surface area contributed by atoms with Crippen molar-refractivity contribution in [2.75, 3.05) is 6.54 Å². The van der Waals surface area contributed by atoms with Crippen molar-refractivity contribution in [3.8, 4) is 0 Å². The van der Waals surface area contributed by atoms with Gasteiger partial charge in [-0.25, -0.2) is 0 Å². The summed E-state index contributed by atoms with van der Waals surface area (Å²) in [5.41, 5.74) is 15.3. The molecule has 1 atom stereocenters. The molecule has 0 aromatic heterocycles. The Balaban J connectivity index is 0. The lowest BCUT2D eigenvalue weighted by Crippen LogP contribution is -2.30. The molecule has 8 N–H and O–H groups in total. The van der Waals surface area contributed by atoms with Gasteiger partial charge in [0.2, 0.25) is 0 Å². The number of carbonyl (C=O) groups is 2. The molecule has 0 amide bonds. The average Bonchev–Trinajstić information content (AvgIpc) is 2.12. The number of hydrogen-bond acceptors (Lipinski definition) is 4. The Morgan fingerprint density at radius 3 is 2.27 bits per heavy atom. The van der Waals surface area contributed by atoms with Gasteiger partial charge in [0.05, 0.1) is 0 Å². The summed E-state index contributed by atoms with van der Waals surface area (Å²) >= 11 is 0. The highest BCUT2D eigenvalue weighted by Crippen LogP contribution is 1.94. The number of aliphatic imine (C=N–C) groups is 1. The van der Waals surface area contributed by atoms with E-state index in [1.165, 1.54) is 0 Å². The van der Waals surface area contributed by atoms with E-state index >= 15 is 0 Å². The molecule has 8 heteroatoms. The van der Waals surface area contributed by atoms with E-state index in [0.717, 1.165) is 0 Å². The van der Waals surface area contributed by atoms with Gasteiger partial charge >= 0.3 is 5.97 Å². The summed E-state index contributed by atoms with van der Waals surface area (Å²) in [6.07, 6.45) is 0.956. The molecule has 15 heavy (non-hydrogen) atoms. The fourth-order valence-corrected chi connectivity index (χ4v) is 0.643. The van der Waals surface area contributed by atoms with E-state index < -0.39 is 12.0 Å². The number of aliphatic carboxylic acids is 1. The summed E-state index contributed by atoms with van der Waals surface area (Å²) in [6, 6.07) is -0.820. The number of carboxylic acids is 1. The van der Waals surface area contributed by atoms with Crippen LogP contribution in [0.15, 0.2) is 4.99 Å². The fraction of sp³-hybridized carbons (Fsp3) is 0.571. The summed E-state index contributed by atoms with van der Waals surface area (Å²) < 4.78 is 0. The third-order valence-electron chi connectivity index (χ3n) is 1.28. The van der Waals surface area contributed by atoms with Crippen molar-refractivity contribution in [3.63, 3.8) is 0 Å². The van der Waals surface area contributed by atoms with Gasteiger partial charge in [0.15, 0.2) is 5.96 Å². The number of rotatable bonds is 5. The lowest BCUT2D eigenvalue weighted by Gasteiger charge is -2.03. The summed E-state index contributed by atoms with van der Waals surface area (Å²) in [5.74, 6) is -0.987. The molecule has 0 spiro atoms. The Labute approximate surface area is 86.8 Å². The maximum absolute atomic E-state index is 10.2. The van der Waals surface area contributed by atoms with Crippen LogP contribution in [-0.2, 0) is 9.59 Å². The molecule has 0 aliphatic rings. The molecule has 0 saturated heterocycles.